The number of carbonyl (C=O) groups excluding carboxylic acids is 2. The van der Waals surface area contributed by atoms with Crippen molar-refractivity contribution in [2.75, 3.05) is 14.1 Å². The number of carbonyl (C=O) groups is 2. The number of aliphatic hydroxyl groups is 2. The van der Waals surface area contributed by atoms with Crippen molar-refractivity contribution >= 4 is 11.8 Å². The molecular weight excluding hydrogens is 426 g/mol. The third-order valence-electron chi connectivity index (χ3n) is 7.07. The van der Waals surface area contributed by atoms with Crippen LogP contribution in [-0.2, 0) is 23.8 Å². The maximum atomic E-state index is 13.1. The molecule has 2 rings (SSSR count). The largest absolute Gasteiger partial charge is 0.459 e. The summed E-state index contributed by atoms with van der Waals surface area (Å²) in [4.78, 5) is 27.8. The molecule has 0 spiro atoms. The lowest BCUT2D eigenvalue weighted by molar-refractivity contribution is -0.279. The maximum absolute atomic E-state index is 13.1. The number of allylic oxidation sites excluding steroid dienone is 1. The van der Waals surface area contributed by atoms with Crippen LogP contribution in [0.5, 0.6) is 0 Å². The third-order valence-corrected chi connectivity index (χ3v) is 7.07. The van der Waals surface area contributed by atoms with Crippen molar-refractivity contribution in [2.45, 2.75) is 103 Å². The van der Waals surface area contributed by atoms with E-state index >= 15 is 0 Å². The highest BCUT2D eigenvalue weighted by molar-refractivity contribution is 5.91. The van der Waals surface area contributed by atoms with Gasteiger partial charge in [0.05, 0.1) is 18.1 Å². The smallest absolute Gasteiger partial charge is 0.311 e. The molecule has 1 saturated heterocycles. The molecule has 2 N–H and O–H groups in total. The van der Waals surface area contributed by atoms with Gasteiger partial charge in [-0.25, -0.2) is 0 Å². The number of rotatable bonds is 4. The second-order valence-corrected chi connectivity index (χ2v) is 10.4. The lowest BCUT2D eigenvalue weighted by atomic mass is 9.84. The summed E-state index contributed by atoms with van der Waals surface area (Å²) in [6.07, 6.45) is 0.943. The molecule has 0 aromatic heterocycles. The molecule has 0 radical (unpaired) electrons. The predicted octanol–water partition coefficient (Wildman–Crippen LogP) is 2.31. The first-order valence-electron chi connectivity index (χ1n) is 12.1. The second kappa shape index (κ2) is 11.4. The van der Waals surface area contributed by atoms with Crippen molar-refractivity contribution in [1.29, 1.82) is 0 Å². The minimum Gasteiger partial charge on any atom is -0.459 e. The van der Waals surface area contributed by atoms with Crippen LogP contribution < -0.4 is 0 Å². The van der Waals surface area contributed by atoms with Crippen molar-refractivity contribution in [3.8, 4) is 0 Å². The summed E-state index contributed by atoms with van der Waals surface area (Å²) in [5.41, 5.74) is -1.47. The second-order valence-electron chi connectivity index (χ2n) is 10.4. The van der Waals surface area contributed by atoms with E-state index < -0.39 is 42.1 Å². The highest BCUT2D eigenvalue weighted by Crippen LogP contribution is 2.32. The average Bonchev–Trinajstić information content (AvgIpc) is 2.74. The summed E-state index contributed by atoms with van der Waals surface area (Å²) in [6, 6.07) is -0.146. The van der Waals surface area contributed by atoms with Crippen LogP contribution in [0.4, 0.5) is 0 Å². The fraction of sp³-hybridized carbons (Fsp3) is 0.840. The Hall–Kier alpha value is -1.32. The lowest BCUT2D eigenvalue weighted by Gasteiger charge is -2.43. The molecule has 1 fully saturated rings. The molecule has 0 aromatic carbocycles. The zero-order chi connectivity index (χ0) is 25.1. The molecule has 0 aromatic rings. The van der Waals surface area contributed by atoms with Crippen LogP contribution in [0, 0.1) is 17.8 Å². The first kappa shape index (κ1) is 27.9. The van der Waals surface area contributed by atoms with Gasteiger partial charge in [0.2, 0.25) is 0 Å². The van der Waals surface area contributed by atoms with Crippen LogP contribution >= 0.6 is 0 Å². The molecule has 0 amide bonds. The standard InChI is InChI=1S/C25H43NO7/c1-9-20-25(6,30)11-10-19(27)14(2)12-15(3)22(17(5)23(29)32-20)33-24-21(28)18(26(7)8)13-16(4)31-24/h10-11,14-18,20-22,24,28,30H,9,12-13H2,1-8H3/b11-10+/t14-,15+,16-,17-,18+,20-,21-,22+,24+,25+/m1/s1. The molecule has 33 heavy (non-hydrogen) atoms. The van der Waals surface area contributed by atoms with E-state index in [-0.39, 0.29) is 29.8 Å². The van der Waals surface area contributed by atoms with Crippen LogP contribution in [-0.4, -0.2) is 83.3 Å². The summed E-state index contributed by atoms with van der Waals surface area (Å²) in [5, 5.41) is 21.8. The third kappa shape index (κ3) is 6.85. The van der Waals surface area contributed by atoms with E-state index in [0.29, 0.717) is 19.3 Å². The van der Waals surface area contributed by atoms with Crippen molar-refractivity contribution in [3.05, 3.63) is 12.2 Å². The van der Waals surface area contributed by atoms with Gasteiger partial charge in [-0.15, -0.1) is 0 Å². The predicted molar refractivity (Wildman–Crippen MR) is 124 cm³/mol. The Labute approximate surface area is 198 Å². The Bertz CT molecular complexity index is 707. The lowest BCUT2D eigenvalue weighted by Crippen LogP contribution is -2.56. The number of hydrogen-bond acceptors (Lipinski definition) is 8. The number of ether oxygens (including phenoxy) is 3. The van der Waals surface area contributed by atoms with E-state index in [2.05, 4.69) is 0 Å². The SMILES string of the molecule is CC[C@H]1OC(=O)[C@H](C)[C@@H](O[C@@H]2O[C@H](C)C[C@H](N(C)C)[C@H]2O)[C@@H](C)C[C@@H](C)C(=O)/C=C/[C@]1(C)O. The molecule has 190 valence electrons. The highest BCUT2D eigenvalue weighted by Gasteiger charge is 2.43. The molecular formula is C25H43NO7. The quantitative estimate of drug-likeness (QED) is 0.605. The Morgan fingerprint density at radius 3 is 2.39 bits per heavy atom. The fourth-order valence-corrected chi connectivity index (χ4v) is 4.88. The summed E-state index contributed by atoms with van der Waals surface area (Å²) >= 11 is 0. The molecule has 0 aliphatic carbocycles. The molecule has 0 bridgehead atoms. The number of aliphatic hydroxyl groups excluding tert-OH is 1. The number of likely N-dealkylation sites (N-methyl/N-ethyl adjacent to an activating group) is 1. The summed E-state index contributed by atoms with van der Waals surface area (Å²) in [5.74, 6) is -1.81. The minimum absolute atomic E-state index is 0.106. The molecule has 0 unspecified atom stereocenters. The maximum Gasteiger partial charge on any atom is 0.311 e. The van der Waals surface area contributed by atoms with Gasteiger partial charge < -0.3 is 29.3 Å². The number of hydrogen-bond donors (Lipinski definition) is 2. The molecule has 0 saturated carbocycles. The van der Waals surface area contributed by atoms with E-state index in [9.17, 15) is 19.8 Å². The first-order chi connectivity index (χ1) is 15.3. The van der Waals surface area contributed by atoms with Crippen LogP contribution in [0.3, 0.4) is 0 Å². The van der Waals surface area contributed by atoms with Gasteiger partial charge in [-0.05, 0) is 72.2 Å². The molecule has 2 aliphatic heterocycles. The normalized spacial score (nSPS) is 44.6. The summed E-state index contributed by atoms with van der Waals surface area (Å²) in [7, 11) is 3.80. The van der Waals surface area contributed by atoms with Gasteiger partial charge >= 0.3 is 5.97 Å². The topological polar surface area (TPSA) is 106 Å². The van der Waals surface area contributed by atoms with Gasteiger partial charge in [0.25, 0.3) is 0 Å². The molecule has 2 aliphatic rings. The van der Waals surface area contributed by atoms with Crippen LogP contribution in [0.2, 0.25) is 0 Å². The highest BCUT2D eigenvalue weighted by atomic mass is 16.7. The van der Waals surface area contributed by atoms with Gasteiger partial charge in [0.1, 0.15) is 17.8 Å². The average molecular weight is 470 g/mol. The van der Waals surface area contributed by atoms with Crippen LogP contribution in [0.1, 0.15) is 60.8 Å². The van der Waals surface area contributed by atoms with Crippen molar-refractivity contribution in [3.63, 3.8) is 0 Å². The Balaban J connectivity index is 2.36. The van der Waals surface area contributed by atoms with E-state index in [4.69, 9.17) is 14.2 Å². The van der Waals surface area contributed by atoms with Gasteiger partial charge in [0, 0.05) is 12.0 Å². The van der Waals surface area contributed by atoms with Crippen molar-refractivity contribution in [1.82, 2.24) is 4.90 Å². The van der Waals surface area contributed by atoms with Gasteiger partial charge in [-0.2, -0.15) is 0 Å². The zero-order valence-corrected chi connectivity index (χ0v) is 21.4. The Kier molecular flexibility index (Phi) is 9.65. The van der Waals surface area contributed by atoms with Gasteiger partial charge in [0.15, 0.2) is 12.1 Å². The molecule has 2 heterocycles. The monoisotopic (exact) mass is 469 g/mol. The molecule has 8 nitrogen and oxygen atoms in total. The molecule has 8 heteroatoms. The number of cyclic esters (lactones) is 1. The van der Waals surface area contributed by atoms with Gasteiger partial charge in [-0.3, -0.25) is 9.59 Å². The van der Waals surface area contributed by atoms with Crippen LogP contribution in [0.15, 0.2) is 12.2 Å². The number of nitrogens with zero attached hydrogens (tertiary/aromatic N) is 1. The van der Waals surface area contributed by atoms with E-state index in [1.807, 2.05) is 46.7 Å². The van der Waals surface area contributed by atoms with Gasteiger partial charge in [-0.1, -0.05) is 20.8 Å². The molecule has 10 atom stereocenters. The fourth-order valence-electron chi connectivity index (χ4n) is 4.88. The summed E-state index contributed by atoms with van der Waals surface area (Å²) in [6.45, 7) is 10.8. The number of ketones is 1. The summed E-state index contributed by atoms with van der Waals surface area (Å²) < 4.78 is 17.9. The van der Waals surface area contributed by atoms with Crippen molar-refractivity contribution in [2.24, 2.45) is 17.8 Å². The number of esters is 1. The zero-order valence-electron chi connectivity index (χ0n) is 21.4. The Morgan fingerprint density at radius 1 is 1.18 bits per heavy atom. The van der Waals surface area contributed by atoms with E-state index in [1.165, 1.54) is 19.1 Å². The first-order valence-corrected chi connectivity index (χ1v) is 12.1. The minimum atomic E-state index is -1.47. The van der Waals surface area contributed by atoms with Crippen LogP contribution in [0.25, 0.3) is 0 Å². The van der Waals surface area contributed by atoms with E-state index in [1.54, 1.807) is 6.92 Å². The Morgan fingerprint density at radius 2 is 1.82 bits per heavy atom. The van der Waals surface area contributed by atoms with Crippen molar-refractivity contribution < 1.29 is 34.0 Å². The van der Waals surface area contributed by atoms with E-state index in [0.717, 1.165) is 0 Å².